The summed E-state index contributed by atoms with van der Waals surface area (Å²) in [6, 6.07) is 4.25. The predicted octanol–water partition coefficient (Wildman–Crippen LogP) is 3.13. The van der Waals surface area contributed by atoms with Crippen LogP contribution < -0.4 is 11.1 Å². The number of nitrogens with one attached hydrogen (secondary N) is 1. The van der Waals surface area contributed by atoms with Crippen molar-refractivity contribution in [2.45, 2.75) is 51.5 Å². The molecule has 3 N–H and O–H groups in total. The van der Waals surface area contributed by atoms with Crippen molar-refractivity contribution in [1.29, 1.82) is 0 Å². The first-order valence-corrected chi connectivity index (χ1v) is 7.43. The number of rotatable bonds is 8. The van der Waals surface area contributed by atoms with Gasteiger partial charge in [0.2, 0.25) is 5.91 Å². The Morgan fingerprint density at radius 2 is 2.11 bits per heavy atom. The van der Waals surface area contributed by atoms with Crippen LogP contribution in [0.3, 0.4) is 0 Å². The van der Waals surface area contributed by atoms with Crippen LogP contribution in [-0.2, 0) is 11.2 Å². The fourth-order valence-corrected chi connectivity index (χ4v) is 2.38. The fraction of sp³-hybridized carbons (Fsp3) is 0.643. The average molecular weight is 305 g/mol. The second-order valence-electron chi connectivity index (χ2n) is 5.41. The summed E-state index contributed by atoms with van der Waals surface area (Å²) in [4.78, 5) is 13.0. The van der Waals surface area contributed by atoms with E-state index in [-0.39, 0.29) is 23.9 Å². The lowest BCUT2D eigenvalue weighted by Crippen LogP contribution is -2.45. The lowest BCUT2D eigenvalue weighted by Gasteiger charge is -2.18. The van der Waals surface area contributed by atoms with E-state index in [0.29, 0.717) is 13.0 Å². The smallest absolute Gasteiger partial charge is 0.220 e. The van der Waals surface area contributed by atoms with Crippen molar-refractivity contribution < 1.29 is 4.79 Å². The molecule has 0 bridgehead atoms. The zero-order valence-corrected chi connectivity index (χ0v) is 13.4. The Hall–Kier alpha value is -0.580. The molecule has 0 aromatic carbocycles. The maximum absolute atomic E-state index is 11.5. The molecule has 0 fully saturated rings. The van der Waals surface area contributed by atoms with E-state index in [1.807, 2.05) is 13.8 Å². The summed E-state index contributed by atoms with van der Waals surface area (Å²) < 4.78 is 0. The molecule has 0 atom stereocenters. The lowest BCUT2D eigenvalue weighted by atomic mass is 10.1. The molecule has 0 aliphatic carbocycles. The van der Waals surface area contributed by atoms with E-state index in [1.165, 1.54) is 4.88 Å². The summed E-state index contributed by atoms with van der Waals surface area (Å²) in [7, 11) is 0. The summed E-state index contributed by atoms with van der Waals surface area (Å²) in [5, 5.41) is 4.97. The first-order chi connectivity index (χ1) is 8.47. The van der Waals surface area contributed by atoms with Gasteiger partial charge in [-0.1, -0.05) is 12.5 Å². The molecule has 1 aromatic heterocycles. The minimum atomic E-state index is -0.325. The van der Waals surface area contributed by atoms with Gasteiger partial charge in [0.25, 0.3) is 0 Å². The highest BCUT2D eigenvalue weighted by Gasteiger charge is 2.11. The van der Waals surface area contributed by atoms with Crippen molar-refractivity contribution in [3.05, 3.63) is 22.4 Å². The summed E-state index contributed by atoms with van der Waals surface area (Å²) in [5.41, 5.74) is 5.48. The molecule has 1 amide bonds. The van der Waals surface area contributed by atoms with Crippen LogP contribution in [0.1, 0.15) is 44.4 Å². The Morgan fingerprint density at radius 1 is 1.37 bits per heavy atom. The number of carbonyl (C=O) groups excluding carboxylic acids is 1. The topological polar surface area (TPSA) is 55.1 Å². The Balaban J connectivity index is 0.00000324. The highest BCUT2D eigenvalue weighted by molar-refractivity contribution is 7.09. The largest absolute Gasteiger partial charge is 0.354 e. The first kappa shape index (κ1) is 18.4. The van der Waals surface area contributed by atoms with Crippen LogP contribution in [0.15, 0.2) is 17.5 Å². The summed E-state index contributed by atoms with van der Waals surface area (Å²) in [6.07, 6.45) is 4.98. The number of thiophene rings is 1. The third-order valence-corrected chi connectivity index (χ3v) is 3.58. The molecule has 0 spiro atoms. The first-order valence-electron chi connectivity index (χ1n) is 6.55. The van der Waals surface area contributed by atoms with Crippen molar-refractivity contribution in [3.8, 4) is 0 Å². The van der Waals surface area contributed by atoms with Gasteiger partial charge < -0.3 is 11.1 Å². The van der Waals surface area contributed by atoms with Gasteiger partial charge in [-0.2, -0.15) is 0 Å². The second kappa shape index (κ2) is 9.34. The van der Waals surface area contributed by atoms with Gasteiger partial charge in [-0.25, -0.2) is 0 Å². The van der Waals surface area contributed by atoms with Gasteiger partial charge in [0.05, 0.1) is 0 Å². The number of nitrogens with two attached hydrogens (primary N) is 1. The molecule has 3 nitrogen and oxygen atoms in total. The van der Waals surface area contributed by atoms with Crippen LogP contribution in [0, 0.1) is 0 Å². The minimum Gasteiger partial charge on any atom is -0.354 e. The van der Waals surface area contributed by atoms with Crippen LogP contribution in [0.2, 0.25) is 0 Å². The van der Waals surface area contributed by atoms with E-state index in [2.05, 4.69) is 22.8 Å². The molecule has 1 heterocycles. The zero-order valence-electron chi connectivity index (χ0n) is 11.8. The predicted molar refractivity (Wildman–Crippen MR) is 85.0 cm³/mol. The van der Waals surface area contributed by atoms with Crippen LogP contribution in [-0.4, -0.2) is 18.0 Å². The third-order valence-electron chi connectivity index (χ3n) is 2.65. The molecule has 19 heavy (non-hydrogen) atoms. The van der Waals surface area contributed by atoms with Gasteiger partial charge >= 0.3 is 0 Å². The van der Waals surface area contributed by atoms with Gasteiger partial charge in [-0.3, -0.25) is 4.79 Å². The third kappa shape index (κ3) is 9.93. The van der Waals surface area contributed by atoms with Crippen LogP contribution in [0.25, 0.3) is 0 Å². The number of unbranched alkanes of at least 4 members (excludes halogenated alkanes) is 2. The second-order valence-corrected chi connectivity index (χ2v) is 6.44. The average Bonchev–Trinajstić information content (AvgIpc) is 2.78. The number of amides is 1. The van der Waals surface area contributed by atoms with E-state index < -0.39 is 0 Å². The highest BCUT2D eigenvalue weighted by Crippen LogP contribution is 2.13. The number of carbonyl (C=O) groups is 1. The molecular formula is C14H25ClN2OS. The molecule has 0 radical (unpaired) electrons. The Kier molecular flexibility index (Phi) is 9.06. The molecule has 110 valence electrons. The molecule has 0 saturated heterocycles. The normalized spacial score (nSPS) is 10.9. The van der Waals surface area contributed by atoms with Gasteiger partial charge in [-0.05, 0) is 44.6 Å². The monoisotopic (exact) mass is 304 g/mol. The molecule has 0 aliphatic heterocycles. The van der Waals surface area contributed by atoms with Crippen molar-refractivity contribution in [3.63, 3.8) is 0 Å². The van der Waals surface area contributed by atoms with Gasteiger partial charge in [0.1, 0.15) is 0 Å². The number of hydrogen-bond donors (Lipinski definition) is 2. The van der Waals surface area contributed by atoms with E-state index in [0.717, 1.165) is 25.7 Å². The van der Waals surface area contributed by atoms with Gasteiger partial charge in [0, 0.05) is 23.4 Å². The molecule has 0 saturated carbocycles. The number of halogens is 1. The van der Waals surface area contributed by atoms with E-state index >= 15 is 0 Å². The van der Waals surface area contributed by atoms with E-state index in [4.69, 9.17) is 5.73 Å². The van der Waals surface area contributed by atoms with E-state index in [1.54, 1.807) is 11.3 Å². The molecule has 0 aliphatic rings. The van der Waals surface area contributed by atoms with E-state index in [9.17, 15) is 4.79 Å². The van der Waals surface area contributed by atoms with Crippen molar-refractivity contribution in [2.24, 2.45) is 5.73 Å². The standard InChI is InChI=1S/C14H24N2OS.ClH/c1-14(2,15)11-16-13(17)9-5-3-4-7-12-8-6-10-18-12;/h6,8,10H,3-5,7,9,11,15H2,1-2H3,(H,16,17);1H. The fourth-order valence-electron chi connectivity index (χ4n) is 1.63. The summed E-state index contributed by atoms with van der Waals surface area (Å²) >= 11 is 1.80. The van der Waals surface area contributed by atoms with Crippen molar-refractivity contribution in [2.75, 3.05) is 6.54 Å². The molecule has 0 unspecified atom stereocenters. The summed E-state index contributed by atoms with van der Waals surface area (Å²) in [6.45, 7) is 4.36. The Bertz CT molecular complexity index is 347. The van der Waals surface area contributed by atoms with Crippen LogP contribution in [0.5, 0.6) is 0 Å². The maximum atomic E-state index is 11.5. The Morgan fingerprint density at radius 3 is 2.68 bits per heavy atom. The summed E-state index contributed by atoms with van der Waals surface area (Å²) in [5.74, 6) is 0.115. The SMILES string of the molecule is CC(C)(N)CNC(=O)CCCCCc1cccs1.Cl. The molecular weight excluding hydrogens is 280 g/mol. The van der Waals surface area contributed by atoms with Gasteiger partial charge in [-0.15, -0.1) is 23.7 Å². The molecule has 1 rings (SSSR count). The molecule has 1 aromatic rings. The Labute approximate surface area is 126 Å². The highest BCUT2D eigenvalue weighted by atomic mass is 35.5. The maximum Gasteiger partial charge on any atom is 0.220 e. The zero-order chi connectivity index (χ0) is 13.4. The molecule has 5 heteroatoms. The minimum absolute atomic E-state index is 0. The van der Waals surface area contributed by atoms with Gasteiger partial charge in [0.15, 0.2) is 0 Å². The number of hydrogen-bond acceptors (Lipinski definition) is 3. The number of aryl methyl sites for hydroxylation is 1. The van der Waals surface area contributed by atoms with Crippen LogP contribution in [0.4, 0.5) is 0 Å². The van der Waals surface area contributed by atoms with Crippen LogP contribution >= 0.6 is 23.7 Å². The lowest BCUT2D eigenvalue weighted by molar-refractivity contribution is -0.121. The quantitative estimate of drug-likeness (QED) is 0.725. The van der Waals surface area contributed by atoms with Crippen molar-refractivity contribution in [1.82, 2.24) is 5.32 Å². The van der Waals surface area contributed by atoms with Crippen molar-refractivity contribution >= 4 is 29.7 Å².